The molecule has 2 rings (SSSR count). The highest BCUT2D eigenvalue weighted by molar-refractivity contribution is 5.94. The lowest BCUT2D eigenvalue weighted by atomic mass is 10.1. The van der Waals surface area contributed by atoms with E-state index in [1.807, 2.05) is 6.92 Å². The topological polar surface area (TPSA) is 67.8 Å². The quantitative estimate of drug-likeness (QED) is 0.861. The van der Waals surface area contributed by atoms with Gasteiger partial charge in [0.05, 0.1) is 12.6 Å². The van der Waals surface area contributed by atoms with Crippen LogP contribution in [-0.2, 0) is 9.47 Å². The van der Waals surface area contributed by atoms with Crippen molar-refractivity contribution in [3.05, 3.63) is 29.8 Å². The molecule has 1 aromatic carbocycles. The van der Waals surface area contributed by atoms with Crippen molar-refractivity contribution in [2.45, 2.75) is 25.5 Å². The summed E-state index contributed by atoms with van der Waals surface area (Å²) < 4.78 is 10.9. The number of rotatable bonds is 4. The van der Waals surface area contributed by atoms with Gasteiger partial charge in [-0.1, -0.05) is 6.07 Å². The minimum absolute atomic E-state index is 0.0523. The highest BCUT2D eigenvalue weighted by Gasteiger charge is 2.27. The van der Waals surface area contributed by atoms with Crippen molar-refractivity contribution in [1.82, 2.24) is 5.32 Å². The monoisotopic (exact) mass is 265 g/mol. The van der Waals surface area contributed by atoms with Crippen molar-refractivity contribution in [2.75, 3.05) is 19.8 Å². The molecule has 0 radical (unpaired) electrons. The molecule has 1 saturated heterocycles. The van der Waals surface area contributed by atoms with Gasteiger partial charge in [-0.15, -0.1) is 0 Å². The first kappa shape index (κ1) is 13.8. The predicted molar refractivity (Wildman–Crippen MR) is 70.2 cm³/mol. The zero-order valence-electron chi connectivity index (χ0n) is 11.0. The summed E-state index contributed by atoms with van der Waals surface area (Å²) in [6.07, 6.45) is 0.620. The Hall–Kier alpha value is -1.59. The normalized spacial score (nSPS) is 23.0. The van der Waals surface area contributed by atoms with E-state index in [1.54, 1.807) is 12.1 Å². The van der Waals surface area contributed by atoms with Crippen LogP contribution in [0.3, 0.4) is 0 Å². The number of benzene rings is 1. The summed E-state index contributed by atoms with van der Waals surface area (Å²) in [4.78, 5) is 12.1. The van der Waals surface area contributed by atoms with Gasteiger partial charge >= 0.3 is 0 Å². The lowest BCUT2D eigenvalue weighted by Crippen LogP contribution is -2.50. The van der Waals surface area contributed by atoms with E-state index in [9.17, 15) is 9.90 Å². The molecule has 1 aliphatic heterocycles. The number of hydrogen-bond donors (Lipinski definition) is 2. The van der Waals surface area contributed by atoms with Crippen LogP contribution < -0.4 is 5.32 Å². The summed E-state index contributed by atoms with van der Waals surface area (Å²) in [5, 5.41) is 12.3. The maximum atomic E-state index is 12.1. The molecule has 5 heteroatoms. The van der Waals surface area contributed by atoms with E-state index in [1.165, 1.54) is 12.1 Å². The highest BCUT2D eigenvalue weighted by atomic mass is 16.5. The van der Waals surface area contributed by atoms with Crippen LogP contribution in [0.1, 0.15) is 23.7 Å². The second-order valence-electron chi connectivity index (χ2n) is 4.49. The number of hydrogen-bond acceptors (Lipinski definition) is 4. The van der Waals surface area contributed by atoms with Gasteiger partial charge < -0.3 is 19.9 Å². The van der Waals surface area contributed by atoms with Gasteiger partial charge in [0.15, 0.2) is 0 Å². The van der Waals surface area contributed by atoms with Gasteiger partial charge in [0, 0.05) is 18.8 Å². The van der Waals surface area contributed by atoms with E-state index in [-0.39, 0.29) is 23.8 Å². The molecule has 104 valence electrons. The summed E-state index contributed by atoms with van der Waals surface area (Å²) in [6, 6.07) is 6.25. The van der Waals surface area contributed by atoms with Crippen LogP contribution in [0.2, 0.25) is 0 Å². The molecule has 0 saturated carbocycles. The van der Waals surface area contributed by atoms with Gasteiger partial charge in [-0.2, -0.15) is 0 Å². The Kier molecular flexibility index (Phi) is 4.76. The molecule has 2 N–H and O–H groups in total. The number of nitrogens with one attached hydrogen (secondary N) is 1. The summed E-state index contributed by atoms with van der Waals surface area (Å²) in [6.45, 7) is 3.63. The first-order valence-electron chi connectivity index (χ1n) is 6.50. The molecule has 0 unspecified atom stereocenters. The molecule has 0 aliphatic carbocycles. The molecular weight excluding hydrogens is 246 g/mol. The summed E-state index contributed by atoms with van der Waals surface area (Å²) in [5.41, 5.74) is 0.446. The predicted octanol–water partition coefficient (Wildman–Crippen LogP) is 1.32. The average molecular weight is 265 g/mol. The number of carbonyl (C=O) groups is 1. The third-order valence-corrected chi connectivity index (χ3v) is 3.11. The van der Waals surface area contributed by atoms with E-state index in [0.717, 1.165) is 6.42 Å². The molecule has 1 amide bonds. The van der Waals surface area contributed by atoms with Gasteiger partial charge in [-0.05, 0) is 31.5 Å². The minimum Gasteiger partial charge on any atom is -0.508 e. The Bertz CT molecular complexity index is 433. The van der Waals surface area contributed by atoms with E-state index in [2.05, 4.69) is 5.32 Å². The number of aromatic hydroxyl groups is 1. The van der Waals surface area contributed by atoms with Gasteiger partial charge in [-0.25, -0.2) is 0 Å². The largest absolute Gasteiger partial charge is 0.508 e. The lowest BCUT2D eigenvalue weighted by molar-refractivity contribution is -0.0632. The second kappa shape index (κ2) is 6.54. The Morgan fingerprint density at radius 3 is 3.16 bits per heavy atom. The number of ether oxygens (including phenoxy) is 2. The van der Waals surface area contributed by atoms with E-state index < -0.39 is 0 Å². The van der Waals surface area contributed by atoms with Crippen LogP contribution in [0.4, 0.5) is 0 Å². The fraction of sp³-hybridized carbons (Fsp3) is 0.500. The molecule has 1 aromatic rings. The third-order valence-electron chi connectivity index (χ3n) is 3.11. The Morgan fingerprint density at radius 1 is 1.58 bits per heavy atom. The van der Waals surface area contributed by atoms with Gasteiger partial charge in [0.25, 0.3) is 5.91 Å². The second-order valence-corrected chi connectivity index (χ2v) is 4.49. The van der Waals surface area contributed by atoms with Crippen molar-refractivity contribution >= 4 is 5.91 Å². The van der Waals surface area contributed by atoms with Crippen molar-refractivity contribution in [2.24, 2.45) is 0 Å². The highest BCUT2D eigenvalue weighted by Crippen LogP contribution is 2.14. The van der Waals surface area contributed by atoms with E-state index in [0.29, 0.717) is 25.4 Å². The molecule has 0 aromatic heterocycles. The standard InChI is InChI=1S/C14H19NO4/c1-2-19-13-9-18-7-6-12(13)15-14(17)10-4-3-5-11(16)8-10/h3-5,8,12-13,16H,2,6-7,9H2,1H3,(H,15,17)/t12-,13-/m1/s1. The van der Waals surface area contributed by atoms with Crippen LogP contribution in [-0.4, -0.2) is 43.0 Å². The van der Waals surface area contributed by atoms with Crippen molar-refractivity contribution in [1.29, 1.82) is 0 Å². The molecule has 2 atom stereocenters. The van der Waals surface area contributed by atoms with Crippen LogP contribution in [0.15, 0.2) is 24.3 Å². The van der Waals surface area contributed by atoms with Crippen LogP contribution in [0.25, 0.3) is 0 Å². The SMILES string of the molecule is CCO[C@@H]1COCC[C@H]1NC(=O)c1cccc(O)c1. The first-order chi connectivity index (χ1) is 9.20. The van der Waals surface area contributed by atoms with Gasteiger partial charge in [0.2, 0.25) is 0 Å². The maximum Gasteiger partial charge on any atom is 0.251 e. The Morgan fingerprint density at radius 2 is 2.42 bits per heavy atom. The maximum absolute atomic E-state index is 12.1. The number of phenols is 1. The molecule has 19 heavy (non-hydrogen) atoms. The van der Waals surface area contributed by atoms with Crippen LogP contribution in [0.5, 0.6) is 5.75 Å². The van der Waals surface area contributed by atoms with Crippen LogP contribution in [0, 0.1) is 0 Å². The molecule has 0 spiro atoms. The summed E-state index contributed by atoms with van der Waals surface area (Å²) in [7, 11) is 0. The summed E-state index contributed by atoms with van der Waals surface area (Å²) in [5.74, 6) is -0.117. The zero-order chi connectivity index (χ0) is 13.7. The first-order valence-corrected chi connectivity index (χ1v) is 6.50. The molecule has 1 heterocycles. The molecule has 5 nitrogen and oxygen atoms in total. The summed E-state index contributed by atoms with van der Waals surface area (Å²) >= 11 is 0. The van der Waals surface area contributed by atoms with Gasteiger partial charge in [0.1, 0.15) is 11.9 Å². The Labute approximate surface area is 112 Å². The third kappa shape index (κ3) is 3.68. The van der Waals surface area contributed by atoms with Crippen molar-refractivity contribution in [3.63, 3.8) is 0 Å². The van der Waals surface area contributed by atoms with E-state index in [4.69, 9.17) is 9.47 Å². The number of amides is 1. The molecule has 0 bridgehead atoms. The fourth-order valence-electron chi connectivity index (χ4n) is 2.15. The zero-order valence-corrected chi connectivity index (χ0v) is 11.0. The number of phenolic OH excluding ortho intramolecular Hbond substituents is 1. The molecule has 1 fully saturated rings. The van der Waals surface area contributed by atoms with E-state index >= 15 is 0 Å². The van der Waals surface area contributed by atoms with Gasteiger partial charge in [-0.3, -0.25) is 4.79 Å². The lowest BCUT2D eigenvalue weighted by Gasteiger charge is -2.31. The molecular formula is C14H19NO4. The minimum atomic E-state index is -0.201. The fourth-order valence-corrected chi connectivity index (χ4v) is 2.15. The van der Waals surface area contributed by atoms with Crippen molar-refractivity contribution < 1.29 is 19.4 Å². The Balaban J connectivity index is 2.00. The average Bonchev–Trinajstić information content (AvgIpc) is 2.41. The van der Waals surface area contributed by atoms with Crippen molar-refractivity contribution in [3.8, 4) is 5.75 Å². The smallest absolute Gasteiger partial charge is 0.251 e. The molecule has 1 aliphatic rings. The van der Waals surface area contributed by atoms with Crippen LogP contribution >= 0.6 is 0 Å². The number of carbonyl (C=O) groups excluding carboxylic acids is 1.